The van der Waals surface area contributed by atoms with E-state index in [0.29, 0.717) is 0 Å². The van der Waals surface area contributed by atoms with E-state index in [1.807, 2.05) is 30.5 Å². The van der Waals surface area contributed by atoms with Gasteiger partial charge in [0.2, 0.25) is 0 Å². The van der Waals surface area contributed by atoms with Crippen LogP contribution in [0.2, 0.25) is 0 Å². The number of benzene rings is 1. The summed E-state index contributed by atoms with van der Waals surface area (Å²) < 4.78 is 0. The minimum absolute atomic E-state index is 0.981. The first-order chi connectivity index (χ1) is 4.88. The molecule has 2 nitrogen and oxygen atoms in total. The van der Waals surface area contributed by atoms with Gasteiger partial charge >= 0.3 is 0 Å². The number of thioether (sulfide) groups is 1. The SMILES string of the molecule is CSc1ccccc1NN. The van der Waals surface area contributed by atoms with Gasteiger partial charge in [0.15, 0.2) is 0 Å². The van der Waals surface area contributed by atoms with Crippen molar-refractivity contribution in [3.05, 3.63) is 24.3 Å². The van der Waals surface area contributed by atoms with Crippen molar-refractivity contribution in [3.63, 3.8) is 0 Å². The van der Waals surface area contributed by atoms with E-state index in [4.69, 9.17) is 5.84 Å². The van der Waals surface area contributed by atoms with Crippen molar-refractivity contribution in [1.29, 1.82) is 0 Å². The van der Waals surface area contributed by atoms with Crippen molar-refractivity contribution < 1.29 is 0 Å². The van der Waals surface area contributed by atoms with Gasteiger partial charge in [-0.25, -0.2) is 0 Å². The highest BCUT2D eigenvalue weighted by Crippen LogP contribution is 2.22. The Kier molecular flexibility index (Phi) is 2.59. The average molecular weight is 154 g/mol. The molecule has 3 N–H and O–H groups in total. The van der Waals surface area contributed by atoms with E-state index in [1.165, 1.54) is 4.90 Å². The van der Waals surface area contributed by atoms with Gasteiger partial charge in [0.05, 0.1) is 5.69 Å². The largest absolute Gasteiger partial charge is 0.323 e. The van der Waals surface area contributed by atoms with Crippen molar-refractivity contribution in [3.8, 4) is 0 Å². The summed E-state index contributed by atoms with van der Waals surface area (Å²) in [7, 11) is 0. The molecule has 10 heavy (non-hydrogen) atoms. The van der Waals surface area contributed by atoms with Gasteiger partial charge < -0.3 is 5.43 Å². The number of rotatable bonds is 2. The Morgan fingerprint density at radius 3 is 2.60 bits per heavy atom. The number of nitrogen functional groups attached to an aromatic ring is 1. The molecule has 1 aromatic rings. The molecule has 0 aromatic heterocycles. The predicted molar refractivity (Wildman–Crippen MR) is 46.0 cm³/mol. The van der Waals surface area contributed by atoms with Gasteiger partial charge in [-0.2, -0.15) is 0 Å². The Hall–Kier alpha value is -0.670. The fraction of sp³-hybridized carbons (Fsp3) is 0.143. The van der Waals surface area contributed by atoms with Gasteiger partial charge in [-0.3, -0.25) is 5.84 Å². The van der Waals surface area contributed by atoms with Crippen LogP contribution >= 0.6 is 11.8 Å². The Bertz CT molecular complexity index is 190. The molecular weight excluding hydrogens is 144 g/mol. The van der Waals surface area contributed by atoms with Crippen LogP contribution in [-0.2, 0) is 0 Å². The second-order valence-electron chi connectivity index (χ2n) is 1.84. The van der Waals surface area contributed by atoms with Crippen LogP contribution in [0.3, 0.4) is 0 Å². The third-order valence-electron chi connectivity index (χ3n) is 1.26. The van der Waals surface area contributed by atoms with Crippen molar-refractivity contribution in [1.82, 2.24) is 0 Å². The molecule has 1 rings (SSSR count). The lowest BCUT2D eigenvalue weighted by Crippen LogP contribution is -2.07. The molecule has 54 valence electrons. The van der Waals surface area contributed by atoms with Gasteiger partial charge in [0, 0.05) is 4.90 Å². The Balaban J connectivity index is 2.96. The number of nitrogens with one attached hydrogen (secondary N) is 1. The van der Waals surface area contributed by atoms with E-state index in [9.17, 15) is 0 Å². The monoisotopic (exact) mass is 154 g/mol. The summed E-state index contributed by atoms with van der Waals surface area (Å²) in [5.41, 5.74) is 3.61. The van der Waals surface area contributed by atoms with Gasteiger partial charge in [-0.05, 0) is 18.4 Å². The zero-order valence-electron chi connectivity index (χ0n) is 5.79. The number of nitrogens with two attached hydrogens (primary N) is 1. The van der Waals surface area contributed by atoms with Crippen molar-refractivity contribution in [2.75, 3.05) is 11.7 Å². The van der Waals surface area contributed by atoms with Crippen molar-refractivity contribution in [2.45, 2.75) is 4.90 Å². The van der Waals surface area contributed by atoms with E-state index < -0.39 is 0 Å². The summed E-state index contributed by atoms with van der Waals surface area (Å²) >= 11 is 1.68. The molecule has 0 aliphatic heterocycles. The summed E-state index contributed by atoms with van der Waals surface area (Å²) in [6.07, 6.45) is 2.02. The third-order valence-corrected chi connectivity index (χ3v) is 2.06. The maximum absolute atomic E-state index is 5.26. The Morgan fingerprint density at radius 1 is 1.40 bits per heavy atom. The minimum atomic E-state index is 0.981. The van der Waals surface area contributed by atoms with Gasteiger partial charge in [-0.15, -0.1) is 11.8 Å². The molecule has 0 bridgehead atoms. The molecule has 0 fully saturated rings. The minimum Gasteiger partial charge on any atom is -0.323 e. The molecular formula is C7H10N2S. The predicted octanol–water partition coefficient (Wildman–Crippen LogP) is 1.69. The summed E-state index contributed by atoms with van der Waals surface area (Å²) in [5, 5.41) is 0. The molecule has 0 aliphatic rings. The van der Waals surface area contributed by atoms with E-state index in [2.05, 4.69) is 5.43 Å². The maximum atomic E-state index is 5.26. The van der Waals surface area contributed by atoms with Crippen LogP contribution in [0.1, 0.15) is 0 Å². The molecule has 0 amide bonds. The van der Waals surface area contributed by atoms with E-state index in [-0.39, 0.29) is 0 Å². The zero-order valence-corrected chi connectivity index (χ0v) is 6.61. The van der Waals surface area contributed by atoms with Crippen LogP contribution in [0.5, 0.6) is 0 Å². The molecule has 0 radical (unpaired) electrons. The van der Waals surface area contributed by atoms with Gasteiger partial charge in [0.25, 0.3) is 0 Å². The molecule has 0 atom stereocenters. The third kappa shape index (κ3) is 1.43. The molecule has 0 aliphatic carbocycles. The van der Waals surface area contributed by atoms with Crippen molar-refractivity contribution >= 4 is 17.4 Å². The molecule has 1 aromatic carbocycles. The van der Waals surface area contributed by atoms with Crippen LogP contribution in [0.15, 0.2) is 29.2 Å². The number of para-hydroxylation sites is 1. The fourth-order valence-corrected chi connectivity index (χ4v) is 1.33. The van der Waals surface area contributed by atoms with E-state index in [1.54, 1.807) is 11.8 Å². The lowest BCUT2D eigenvalue weighted by atomic mass is 10.3. The zero-order chi connectivity index (χ0) is 7.40. The average Bonchev–Trinajstić information content (AvgIpc) is 2.04. The second kappa shape index (κ2) is 3.49. The summed E-state index contributed by atoms with van der Waals surface area (Å²) in [5.74, 6) is 5.26. The smallest absolute Gasteiger partial charge is 0.0620 e. The molecule has 0 saturated carbocycles. The molecule has 0 heterocycles. The van der Waals surface area contributed by atoms with E-state index >= 15 is 0 Å². The van der Waals surface area contributed by atoms with Crippen LogP contribution in [0, 0.1) is 0 Å². The van der Waals surface area contributed by atoms with Gasteiger partial charge in [-0.1, -0.05) is 12.1 Å². The van der Waals surface area contributed by atoms with Gasteiger partial charge in [0.1, 0.15) is 0 Å². The number of hydrazine groups is 1. The lowest BCUT2D eigenvalue weighted by molar-refractivity contribution is 1.29. The molecule has 0 spiro atoms. The second-order valence-corrected chi connectivity index (χ2v) is 2.69. The highest BCUT2D eigenvalue weighted by molar-refractivity contribution is 7.98. The van der Waals surface area contributed by atoms with Crippen LogP contribution in [0.4, 0.5) is 5.69 Å². The summed E-state index contributed by atoms with van der Waals surface area (Å²) in [4.78, 5) is 1.17. The number of hydrogen-bond donors (Lipinski definition) is 2. The Labute approximate surface area is 64.8 Å². The molecule has 0 saturated heterocycles. The quantitative estimate of drug-likeness (QED) is 0.387. The topological polar surface area (TPSA) is 38.0 Å². The van der Waals surface area contributed by atoms with Crippen molar-refractivity contribution in [2.24, 2.45) is 5.84 Å². The fourth-order valence-electron chi connectivity index (χ4n) is 0.764. The lowest BCUT2D eigenvalue weighted by Gasteiger charge is -2.03. The maximum Gasteiger partial charge on any atom is 0.0620 e. The van der Waals surface area contributed by atoms with E-state index in [0.717, 1.165) is 5.69 Å². The van der Waals surface area contributed by atoms with Crippen LogP contribution in [-0.4, -0.2) is 6.26 Å². The molecule has 3 heteroatoms. The number of hydrogen-bond acceptors (Lipinski definition) is 3. The van der Waals surface area contributed by atoms with Crippen LogP contribution in [0.25, 0.3) is 0 Å². The summed E-state index contributed by atoms with van der Waals surface area (Å²) in [6.45, 7) is 0. The first-order valence-corrected chi connectivity index (χ1v) is 4.20. The first-order valence-electron chi connectivity index (χ1n) is 2.98. The standard InChI is InChI=1S/C7H10N2S/c1-10-7-5-3-2-4-6(7)9-8/h2-5,9H,8H2,1H3. The molecule has 0 unspecified atom stereocenters. The van der Waals surface area contributed by atoms with Crippen LogP contribution < -0.4 is 11.3 Å². The normalized spacial score (nSPS) is 9.40. The first kappa shape index (κ1) is 7.44. The highest BCUT2D eigenvalue weighted by Gasteiger charge is 1.94. The highest BCUT2D eigenvalue weighted by atomic mass is 32.2. The summed E-state index contributed by atoms with van der Waals surface area (Å²) in [6, 6.07) is 7.92. The Morgan fingerprint density at radius 2 is 2.10 bits per heavy atom. The number of anilines is 1.